The van der Waals surface area contributed by atoms with Crippen LogP contribution < -0.4 is 5.32 Å². The third-order valence-electron chi connectivity index (χ3n) is 2.48. The van der Waals surface area contributed by atoms with E-state index in [-0.39, 0.29) is 0 Å². The molecular formula is C13H14ClNS. The lowest BCUT2D eigenvalue weighted by Gasteiger charge is -2.08. The van der Waals surface area contributed by atoms with Crippen molar-refractivity contribution in [3.05, 3.63) is 45.1 Å². The third kappa shape index (κ3) is 2.46. The van der Waals surface area contributed by atoms with Gasteiger partial charge in [0.15, 0.2) is 0 Å². The number of thiophene rings is 1. The van der Waals surface area contributed by atoms with Gasteiger partial charge in [-0.05, 0) is 54.2 Å². The maximum Gasteiger partial charge on any atom is 0.0409 e. The highest BCUT2D eigenvalue weighted by atomic mass is 35.5. The summed E-state index contributed by atoms with van der Waals surface area (Å²) in [4.78, 5) is 1.33. The molecule has 1 heterocycles. The monoisotopic (exact) mass is 251 g/mol. The number of hydrogen-bond donors (Lipinski definition) is 1. The van der Waals surface area contributed by atoms with Crippen molar-refractivity contribution in [2.24, 2.45) is 0 Å². The fourth-order valence-corrected chi connectivity index (χ4v) is 2.66. The van der Waals surface area contributed by atoms with Crippen LogP contribution in [0.3, 0.4) is 0 Å². The van der Waals surface area contributed by atoms with Crippen LogP contribution in [0.4, 0.5) is 0 Å². The van der Waals surface area contributed by atoms with Gasteiger partial charge >= 0.3 is 0 Å². The second-order valence-electron chi connectivity index (χ2n) is 3.78. The van der Waals surface area contributed by atoms with Crippen molar-refractivity contribution in [3.8, 4) is 11.1 Å². The van der Waals surface area contributed by atoms with Crippen molar-refractivity contribution in [1.82, 2.24) is 5.32 Å². The van der Waals surface area contributed by atoms with Gasteiger partial charge < -0.3 is 5.32 Å². The van der Waals surface area contributed by atoms with Crippen LogP contribution >= 0.6 is 22.9 Å². The van der Waals surface area contributed by atoms with E-state index in [1.165, 1.54) is 21.6 Å². The Morgan fingerprint density at radius 2 is 2.12 bits per heavy atom. The van der Waals surface area contributed by atoms with Crippen molar-refractivity contribution < 1.29 is 0 Å². The summed E-state index contributed by atoms with van der Waals surface area (Å²) >= 11 is 7.80. The van der Waals surface area contributed by atoms with Crippen molar-refractivity contribution in [1.29, 1.82) is 0 Å². The second-order valence-corrected chi connectivity index (χ2v) is 5.33. The fraction of sp³-hybridized carbons (Fsp3) is 0.231. The molecule has 1 aromatic heterocycles. The first-order chi connectivity index (χ1) is 7.70. The Bertz CT molecular complexity index is 490. The highest BCUT2D eigenvalue weighted by Crippen LogP contribution is 2.29. The van der Waals surface area contributed by atoms with Crippen molar-refractivity contribution in [2.75, 3.05) is 7.05 Å². The van der Waals surface area contributed by atoms with Crippen LogP contribution in [-0.2, 0) is 6.54 Å². The zero-order valence-electron chi connectivity index (χ0n) is 9.38. The van der Waals surface area contributed by atoms with E-state index in [9.17, 15) is 0 Å². The van der Waals surface area contributed by atoms with Gasteiger partial charge in [-0.2, -0.15) is 0 Å². The highest BCUT2D eigenvalue weighted by Gasteiger charge is 2.06. The maximum absolute atomic E-state index is 6.02. The zero-order chi connectivity index (χ0) is 11.5. The van der Waals surface area contributed by atoms with Crippen LogP contribution in [0.25, 0.3) is 11.1 Å². The van der Waals surface area contributed by atoms with E-state index in [1.54, 1.807) is 11.3 Å². The highest BCUT2D eigenvalue weighted by molar-refractivity contribution is 7.10. The van der Waals surface area contributed by atoms with Gasteiger partial charge in [-0.1, -0.05) is 17.7 Å². The minimum atomic E-state index is 0.793. The van der Waals surface area contributed by atoms with Gasteiger partial charge in [0.05, 0.1) is 0 Å². The Balaban J connectivity index is 2.47. The van der Waals surface area contributed by atoms with Gasteiger partial charge in [0.1, 0.15) is 0 Å². The summed E-state index contributed by atoms with van der Waals surface area (Å²) in [5.74, 6) is 0. The van der Waals surface area contributed by atoms with Gasteiger partial charge in [-0.15, -0.1) is 11.3 Å². The molecule has 16 heavy (non-hydrogen) atoms. The predicted octanol–water partition coefficient (Wildman–Crippen LogP) is 4.10. The minimum absolute atomic E-state index is 0.793. The molecule has 0 aliphatic heterocycles. The standard InChI is InChI=1S/C13H14ClNS/c1-9-5-11(8-16-9)13-4-3-12(14)6-10(13)7-15-2/h3-6,8,15H,7H2,1-2H3. The molecule has 0 unspecified atom stereocenters. The molecule has 3 heteroatoms. The Labute approximate surface area is 105 Å². The first-order valence-corrected chi connectivity index (χ1v) is 6.45. The largest absolute Gasteiger partial charge is 0.316 e. The van der Waals surface area contributed by atoms with Gasteiger partial charge in [-0.25, -0.2) is 0 Å². The molecule has 0 aliphatic rings. The molecule has 1 aromatic carbocycles. The third-order valence-corrected chi connectivity index (χ3v) is 3.57. The minimum Gasteiger partial charge on any atom is -0.316 e. The first kappa shape index (κ1) is 11.6. The van der Waals surface area contributed by atoms with E-state index >= 15 is 0 Å². The fourth-order valence-electron chi connectivity index (χ4n) is 1.77. The van der Waals surface area contributed by atoms with Crippen LogP contribution in [-0.4, -0.2) is 7.05 Å². The summed E-state index contributed by atoms with van der Waals surface area (Å²) < 4.78 is 0. The summed E-state index contributed by atoms with van der Waals surface area (Å²) in [6, 6.07) is 8.28. The molecule has 1 nitrogen and oxygen atoms in total. The van der Waals surface area contributed by atoms with E-state index in [2.05, 4.69) is 29.8 Å². The Hall–Kier alpha value is -0.830. The molecule has 2 aromatic rings. The average molecular weight is 252 g/mol. The number of benzene rings is 1. The first-order valence-electron chi connectivity index (χ1n) is 5.19. The lowest BCUT2D eigenvalue weighted by Crippen LogP contribution is -2.06. The molecule has 0 bridgehead atoms. The average Bonchev–Trinajstić information content (AvgIpc) is 2.65. The van der Waals surface area contributed by atoms with Crippen LogP contribution in [0.5, 0.6) is 0 Å². The molecule has 0 atom stereocenters. The summed E-state index contributed by atoms with van der Waals surface area (Å²) in [5.41, 5.74) is 3.79. The van der Waals surface area contributed by atoms with Crippen molar-refractivity contribution >= 4 is 22.9 Å². The number of nitrogens with one attached hydrogen (secondary N) is 1. The summed E-state index contributed by atoms with van der Waals surface area (Å²) in [6.45, 7) is 2.96. The van der Waals surface area contributed by atoms with E-state index < -0.39 is 0 Å². The van der Waals surface area contributed by atoms with Gasteiger partial charge in [0.25, 0.3) is 0 Å². The maximum atomic E-state index is 6.02. The molecule has 0 radical (unpaired) electrons. The molecule has 0 saturated carbocycles. The lowest BCUT2D eigenvalue weighted by molar-refractivity contribution is 0.819. The van der Waals surface area contributed by atoms with E-state index in [4.69, 9.17) is 11.6 Å². The van der Waals surface area contributed by atoms with E-state index in [1.807, 2.05) is 19.2 Å². The lowest BCUT2D eigenvalue weighted by atomic mass is 10.0. The molecular weight excluding hydrogens is 238 g/mol. The van der Waals surface area contributed by atoms with E-state index in [0.29, 0.717) is 0 Å². The zero-order valence-corrected chi connectivity index (χ0v) is 11.0. The summed E-state index contributed by atoms with van der Waals surface area (Å²) in [6.07, 6.45) is 0. The van der Waals surface area contributed by atoms with Crippen molar-refractivity contribution in [3.63, 3.8) is 0 Å². The summed E-state index contributed by atoms with van der Waals surface area (Å²) in [7, 11) is 1.95. The van der Waals surface area contributed by atoms with Crippen LogP contribution in [0.1, 0.15) is 10.4 Å². The molecule has 0 saturated heterocycles. The Morgan fingerprint density at radius 3 is 2.75 bits per heavy atom. The molecule has 0 fully saturated rings. The number of halogens is 1. The van der Waals surface area contributed by atoms with Gasteiger partial charge in [-0.3, -0.25) is 0 Å². The predicted molar refractivity (Wildman–Crippen MR) is 72.3 cm³/mol. The molecule has 0 aliphatic carbocycles. The normalized spacial score (nSPS) is 10.7. The Kier molecular flexibility index (Phi) is 3.64. The number of rotatable bonds is 3. The molecule has 1 N–H and O–H groups in total. The van der Waals surface area contributed by atoms with Crippen LogP contribution in [0.2, 0.25) is 5.02 Å². The second kappa shape index (κ2) is 5.00. The Morgan fingerprint density at radius 1 is 1.31 bits per heavy atom. The topological polar surface area (TPSA) is 12.0 Å². The quantitative estimate of drug-likeness (QED) is 0.866. The molecule has 84 valence electrons. The van der Waals surface area contributed by atoms with Gasteiger partial charge in [0.2, 0.25) is 0 Å². The molecule has 0 spiro atoms. The smallest absolute Gasteiger partial charge is 0.0409 e. The number of aryl methyl sites for hydroxylation is 1. The van der Waals surface area contributed by atoms with Gasteiger partial charge in [0, 0.05) is 16.4 Å². The SMILES string of the molecule is CNCc1cc(Cl)ccc1-c1csc(C)c1. The van der Waals surface area contributed by atoms with Crippen molar-refractivity contribution in [2.45, 2.75) is 13.5 Å². The van der Waals surface area contributed by atoms with E-state index in [0.717, 1.165) is 11.6 Å². The van der Waals surface area contributed by atoms with Crippen LogP contribution in [0.15, 0.2) is 29.6 Å². The summed E-state index contributed by atoms with van der Waals surface area (Å²) in [5, 5.41) is 6.16. The number of hydrogen-bond acceptors (Lipinski definition) is 2. The molecule has 2 rings (SSSR count). The molecule has 0 amide bonds. The van der Waals surface area contributed by atoms with Crippen LogP contribution in [0, 0.1) is 6.92 Å².